The first-order valence-electron chi connectivity index (χ1n) is 22.9. The van der Waals surface area contributed by atoms with E-state index in [-0.39, 0.29) is 57.2 Å². The molecule has 6 atom stereocenters. The van der Waals surface area contributed by atoms with Crippen LogP contribution in [-0.4, -0.2) is 65.6 Å². The van der Waals surface area contributed by atoms with Crippen molar-refractivity contribution in [3.8, 4) is 28.4 Å². The van der Waals surface area contributed by atoms with E-state index in [9.17, 15) is 15.0 Å². The van der Waals surface area contributed by atoms with Gasteiger partial charge in [0.15, 0.2) is 0 Å². The number of carbonyl (C=O) groups is 1. The number of benzene rings is 5. The number of fused-ring (bicyclic) bond motifs is 2. The molecule has 5 aromatic rings. The summed E-state index contributed by atoms with van der Waals surface area (Å²) in [5.41, 5.74) is 6.71. The van der Waals surface area contributed by atoms with Crippen LogP contribution in [0.2, 0.25) is 0 Å². The van der Waals surface area contributed by atoms with Crippen LogP contribution in [-0.2, 0) is 27.5 Å². The van der Waals surface area contributed by atoms with E-state index in [1.807, 2.05) is 103 Å². The molecule has 65 heavy (non-hydrogen) atoms. The van der Waals surface area contributed by atoms with Crippen LogP contribution in [0.3, 0.4) is 0 Å². The summed E-state index contributed by atoms with van der Waals surface area (Å²) >= 11 is 0. The number of carbonyl (C=O) groups excluding carboxylic acids is 1. The topological polar surface area (TPSA) is 119 Å². The van der Waals surface area contributed by atoms with E-state index in [0.29, 0.717) is 35.8 Å². The molecule has 0 radical (unpaired) electrons. The van der Waals surface area contributed by atoms with Crippen LogP contribution in [0.1, 0.15) is 67.6 Å². The molecule has 10 heteroatoms. The summed E-state index contributed by atoms with van der Waals surface area (Å²) in [6.07, 6.45) is 8.42. The number of allylic oxidation sites excluding steroid dienone is 1. The minimum absolute atomic E-state index is 0.0596. The highest BCUT2D eigenvalue weighted by molar-refractivity contribution is 6.03. The Balaban J connectivity index is 1.24. The van der Waals surface area contributed by atoms with E-state index in [1.54, 1.807) is 18.0 Å². The maximum atomic E-state index is 14.3. The van der Waals surface area contributed by atoms with Crippen LogP contribution >= 0.6 is 0 Å². The number of unbranched alkanes of at least 4 members (excludes halogenated alkanes) is 2. The van der Waals surface area contributed by atoms with E-state index in [1.165, 1.54) is 0 Å². The molecular formula is C55H60N2O8. The third kappa shape index (κ3) is 10.4. The maximum Gasteiger partial charge on any atom is 0.410 e. The molecule has 0 saturated heterocycles. The summed E-state index contributed by atoms with van der Waals surface area (Å²) in [4.78, 5) is 22.1. The zero-order valence-electron chi connectivity index (χ0n) is 37.2. The Morgan fingerprint density at radius 2 is 1.43 bits per heavy atom. The number of nitrogens with zero attached hydrogens (tertiary/aromatic N) is 2. The Morgan fingerprint density at radius 1 is 0.800 bits per heavy atom. The smallest absolute Gasteiger partial charge is 0.410 e. The third-order valence-electron chi connectivity index (χ3n) is 13.1. The number of aliphatic hydroxyl groups is 2. The molecular weight excluding hydrogens is 817 g/mol. The lowest BCUT2D eigenvalue weighted by Gasteiger charge is -2.59. The number of amides is 1. The van der Waals surface area contributed by atoms with Crippen LogP contribution < -0.4 is 9.47 Å². The molecule has 0 spiro atoms. The number of aliphatic hydroxyl groups excluding tert-OH is 2. The van der Waals surface area contributed by atoms with E-state index >= 15 is 0 Å². The van der Waals surface area contributed by atoms with Crippen LogP contribution in [0.15, 0.2) is 163 Å². The Kier molecular flexibility index (Phi) is 15.1. The summed E-state index contributed by atoms with van der Waals surface area (Å²) in [5, 5.41) is 24.9. The molecule has 1 amide bonds. The zero-order chi connectivity index (χ0) is 45.0. The first-order chi connectivity index (χ1) is 31.9. The normalized spacial score (nSPS) is 22.4. The molecule has 2 aliphatic carbocycles. The number of ether oxygens (including phenoxy) is 4. The first kappa shape index (κ1) is 45.4. The molecule has 5 aromatic carbocycles. The second-order valence-corrected chi connectivity index (χ2v) is 17.2. The van der Waals surface area contributed by atoms with Crippen molar-refractivity contribution in [2.75, 3.05) is 26.9 Å². The lowest BCUT2D eigenvalue weighted by atomic mass is 9.55. The SMILES string of the molecule is C=CCOC12Oc3ccc(Oc4ccc(-c5ccccc5)cc4)cc3C3C(CCCCO)C(CCCCO)C=C(C(=NOCc4ccccc4)CC1N(C)C(=O)OCc1ccccc1)C32. The number of hydrogen-bond acceptors (Lipinski definition) is 9. The minimum Gasteiger partial charge on any atom is -0.459 e. The highest BCUT2D eigenvalue weighted by atomic mass is 16.7. The van der Waals surface area contributed by atoms with Crippen molar-refractivity contribution in [3.05, 3.63) is 174 Å². The molecule has 3 aliphatic rings. The molecule has 1 aliphatic heterocycles. The molecule has 1 saturated carbocycles. The van der Waals surface area contributed by atoms with Gasteiger partial charge in [-0.1, -0.05) is 133 Å². The third-order valence-corrected chi connectivity index (χ3v) is 13.1. The predicted molar refractivity (Wildman–Crippen MR) is 253 cm³/mol. The largest absolute Gasteiger partial charge is 0.459 e. The van der Waals surface area contributed by atoms with Crippen LogP contribution in [0.4, 0.5) is 4.79 Å². The maximum absolute atomic E-state index is 14.3. The lowest BCUT2D eigenvalue weighted by molar-refractivity contribution is -0.253. The summed E-state index contributed by atoms with van der Waals surface area (Å²) in [7, 11) is 1.74. The monoisotopic (exact) mass is 876 g/mol. The van der Waals surface area contributed by atoms with Crippen molar-refractivity contribution in [1.29, 1.82) is 0 Å². The number of oxime groups is 1. The van der Waals surface area contributed by atoms with Gasteiger partial charge in [0.05, 0.1) is 18.2 Å². The average Bonchev–Trinajstić information content (AvgIpc) is 3.35. The van der Waals surface area contributed by atoms with Crippen molar-refractivity contribution in [2.24, 2.45) is 22.9 Å². The molecule has 8 rings (SSSR count). The van der Waals surface area contributed by atoms with Gasteiger partial charge in [0.1, 0.15) is 36.5 Å². The van der Waals surface area contributed by atoms with Gasteiger partial charge in [-0.15, -0.1) is 6.58 Å². The number of hydrogen-bond donors (Lipinski definition) is 2. The minimum atomic E-state index is -1.41. The van der Waals surface area contributed by atoms with E-state index < -0.39 is 23.8 Å². The van der Waals surface area contributed by atoms with E-state index in [0.717, 1.165) is 59.1 Å². The van der Waals surface area contributed by atoms with E-state index in [4.69, 9.17) is 28.9 Å². The van der Waals surface area contributed by atoms with Gasteiger partial charge in [0, 0.05) is 38.2 Å². The molecule has 0 bridgehead atoms. The average molecular weight is 877 g/mol. The zero-order valence-corrected chi connectivity index (χ0v) is 37.2. The second-order valence-electron chi connectivity index (χ2n) is 17.2. The second kappa shape index (κ2) is 21.7. The van der Waals surface area contributed by atoms with Crippen LogP contribution in [0.25, 0.3) is 11.1 Å². The van der Waals surface area contributed by atoms with Crippen LogP contribution in [0.5, 0.6) is 17.2 Å². The lowest BCUT2D eigenvalue weighted by Crippen LogP contribution is -2.69. The van der Waals surface area contributed by atoms with E-state index in [2.05, 4.69) is 43.0 Å². The summed E-state index contributed by atoms with van der Waals surface area (Å²) in [5.74, 6) is 0.0682. The fourth-order valence-electron chi connectivity index (χ4n) is 9.98. The summed E-state index contributed by atoms with van der Waals surface area (Å²) < 4.78 is 27.0. The number of rotatable bonds is 20. The Bertz CT molecular complexity index is 2390. The van der Waals surface area contributed by atoms with Gasteiger partial charge in [-0.05, 0) is 95.7 Å². The Hall–Kier alpha value is -6.20. The van der Waals surface area contributed by atoms with Gasteiger partial charge in [-0.2, -0.15) is 0 Å². The van der Waals surface area contributed by atoms with Crippen molar-refractivity contribution < 1.29 is 38.8 Å². The first-order valence-corrected chi connectivity index (χ1v) is 22.9. The number of likely N-dealkylation sites (N-methyl/N-ethyl adjacent to an activating group) is 1. The molecule has 1 heterocycles. The van der Waals surface area contributed by atoms with Crippen molar-refractivity contribution in [2.45, 2.75) is 75.9 Å². The summed E-state index contributed by atoms with van der Waals surface area (Å²) in [6.45, 7) is 4.76. The standard InChI is InChI=1S/C55H60N2O8/c1-3-33-62-55-51(57(2)54(60)61-37-39-17-7-4-8-18-39)36-49(56-63-38-40-19-9-5-10-20-40)47-34-43(23-13-15-31-58)46(24-14-16-32-59)52(53(47)55)48-35-45(29-30-50(48)65-55)64-44-27-25-42(26-28-44)41-21-11-6-12-22-41/h3-12,17-22,25-30,34-35,43,46,51-53,58-59H,1,13-16,23-24,31-33,36-38H2,2H3. The Morgan fingerprint density at radius 3 is 2.11 bits per heavy atom. The van der Waals surface area contributed by atoms with Gasteiger partial charge in [0.25, 0.3) is 0 Å². The van der Waals surface area contributed by atoms with Gasteiger partial charge in [-0.25, -0.2) is 4.79 Å². The molecule has 10 nitrogen and oxygen atoms in total. The molecule has 0 aromatic heterocycles. The van der Waals surface area contributed by atoms with Crippen molar-refractivity contribution in [3.63, 3.8) is 0 Å². The highest BCUT2D eigenvalue weighted by Gasteiger charge is 2.65. The van der Waals surface area contributed by atoms with Gasteiger partial charge in [-0.3, -0.25) is 0 Å². The summed E-state index contributed by atoms with van der Waals surface area (Å²) in [6, 6.07) is 43.1. The van der Waals surface area contributed by atoms with Gasteiger partial charge < -0.3 is 38.9 Å². The fourth-order valence-corrected chi connectivity index (χ4v) is 9.98. The molecule has 338 valence electrons. The quantitative estimate of drug-likeness (QED) is 0.0451. The van der Waals surface area contributed by atoms with Crippen molar-refractivity contribution >= 4 is 11.8 Å². The highest BCUT2D eigenvalue weighted by Crippen LogP contribution is 2.62. The fraction of sp³-hybridized carbons (Fsp3) is 0.345. The van der Waals surface area contributed by atoms with Crippen molar-refractivity contribution in [1.82, 2.24) is 4.90 Å². The molecule has 6 unspecified atom stereocenters. The molecule has 2 N–H and O–H groups in total. The van der Waals surface area contributed by atoms with Gasteiger partial charge in [0.2, 0.25) is 5.79 Å². The van der Waals surface area contributed by atoms with Crippen LogP contribution in [0, 0.1) is 17.8 Å². The predicted octanol–water partition coefficient (Wildman–Crippen LogP) is 11.2. The Labute approximate surface area is 382 Å². The molecule has 1 fully saturated rings. The van der Waals surface area contributed by atoms with Gasteiger partial charge >= 0.3 is 6.09 Å².